The largest absolute Gasteiger partial charge is 0.325 e. The van der Waals surface area contributed by atoms with E-state index >= 15 is 0 Å². The molecule has 1 heterocycles. The van der Waals surface area contributed by atoms with Crippen molar-refractivity contribution in [1.29, 1.82) is 0 Å². The van der Waals surface area contributed by atoms with Gasteiger partial charge < -0.3 is 5.32 Å². The van der Waals surface area contributed by atoms with E-state index in [0.717, 1.165) is 28.8 Å². The van der Waals surface area contributed by atoms with Crippen LogP contribution in [0.5, 0.6) is 0 Å². The minimum atomic E-state index is -0.335. The van der Waals surface area contributed by atoms with E-state index in [2.05, 4.69) is 22.4 Å². The molecule has 0 atom stereocenters. The van der Waals surface area contributed by atoms with Crippen LogP contribution in [0.4, 0.5) is 10.1 Å². The van der Waals surface area contributed by atoms with Crippen molar-refractivity contribution in [1.82, 2.24) is 14.8 Å². The van der Waals surface area contributed by atoms with Crippen LogP contribution in [0.2, 0.25) is 5.02 Å². The molecule has 0 aliphatic rings. The number of benzene rings is 3. The van der Waals surface area contributed by atoms with Crippen molar-refractivity contribution in [3.63, 3.8) is 0 Å². The summed E-state index contributed by atoms with van der Waals surface area (Å²) in [4.78, 5) is 12.8. The number of aryl methyl sites for hydroxylation is 2. The second kappa shape index (κ2) is 10.2. The van der Waals surface area contributed by atoms with Crippen LogP contribution in [0.15, 0.2) is 71.9 Å². The first-order valence-corrected chi connectivity index (χ1v) is 11.8. The van der Waals surface area contributed by atoms with Crippen molar-refractivity contribution in [2.75, 3.05) is 11.1 Å². The van der Waals surface area contributed by atoms with Gasteiger partial charge in [-0.3, -0.25) is 9.36 Å². The molecule has 33 heavy (non-hydrogen) atoms. The molecule has 0 bridgehead atoms. The van der Waals surface area contributed by atoms with Gasteiger partial charge in [-0.05, 0) is 73.0 Å². The first-order chi connectivity index (χ1) is 16.0. The standard InChI is InChI=1S/C25H22ClFN4OS/c1-3-17-6-4-5-16(2)23(17)28-22(32)15-33-25-30-29-24(18-7-9-19(26)10-8-18)31(25)21-13-11-20(27)12-14-21/h4-14H,3,15H2,1-2H3,(H,28,32). The molecular weight excluding hydrogens is 459 g/mol. The average Bonchev–Trinajstić information content (AvgIpc) is 3.24. The van der Waals surface area contributed by atoms with Gasteiger partial charge in [-0.2, -0.15) is 0 Å². The number of hydrogen-bond donors (Lipinski definition) is 1. The van der Waals surface area contributed by atoms with Gasteiger partial charge in [0, 0.05) is 22.0 Å². The lowest BCUT2D eigenvalue weighted by molar-refractivity contribution is -0.113. The third-order valence-corrected chi connectivity index (χ3v) is 6.34. The number of rotatable bonds is 7. The Kier molecular flexibility index (Phi) is 7.11. The maximum absolute atomic E-state index is 13.5. The number of anilines is 1. The fourth-order valence-corrected chi connectivity index (χ4v) is 4.36. The molecule has 3 aromatic carbocycles. The normalized spacial score (nSPS) is 10.9. The highest BCUT2D eigenvalue weighted by molar-refractivity contribution is 7.99. The fraction of sp³-hybridized carbons (Fsp3) is 0.160. The van der Waals surface area contributed by atoms with Crippen molar-refractivity contribution in [2.45, 2.75) is 25.4 Å². The van der Waals surface area contributed by atoms with Crippen molar-refractivity contribution in [3.05, 3.63) is 88.7 Å². The second-order valence-electron chi connectivity index (χ2n) is 7.42. The van der Waals surface area contributed by atoms with E-state index in [1.54, 1.807) is 24.3 Å². The van der Waals surface area contributed by atoms with Crippen molar-refractivity contribution < 1.29 is 9.18 Å². The number of aromatic nitrogens is 3. The summed E-state index contributed by atoms with van der Waals surface area (Å²) in [6.07, 6.45) is 0.827. The summed E-state index contributed by atoms with van der Waals surface area (Å²) in [5.74, 6) is 0.259. The molecular formula is C25H22ClFN4OS. The zero-order valence-corrected chi connectivity index (χ0v) is 19.8. The molecule has 5 nitrogen and oxygen atoms in total. The summed E-state index contributed by atoms with van der Waals surface area (Å²) in [5.41, 5.74) is 4.47. The molecule has 168 valence electrons. The average molecular weight is 481 g/mol. The number of para-hydroxylation sites is 1. The van der Waals surface area contributed by atoms with Crippen LogP contribution in [0.3, 0.4) is 0 Å². The summed E-state index contributed by atoms with van der Waals surface area (Å²) in [5, 5.41) is 12.8. The van der Waals surface area contributed by atoms with Gasteiger partial charge in [0.15, 0.2) is 11.0 Å². The maximum atomic E-state index is 13.5. The molecule has 0 saturated heterocycles. The zero-order chi connectivity index (χ0) is 23.4. The number of hydrogen-bond acceptors (Lipinski definition) is 4. The van der Waals surface area contributed by atoms with Crippen LogP contribution < -0.4 is 5.32 Å². The molecule has 1 amide bonds. The molecule has 0 spiro atoms. The molecule has 0 fully saturated rings. The highest BCUT2D eigenvalue weighted by atomic mass is 35.5. The molecule has 1 aromatic heterocycles. The number of nitrogens with one attached hydrogen (secondary N) is 1. The quantitative estimate of drug-likeness (QED) is 0.314. The first kappa shape index (κ1) is 23.0. The maximum Gasteiger partial charge on any atom is 0.234 e. The van der Waals surface area contributed by atoms with E-state index < -0.39 is 0 Å². The number of thioether (sulfide) groups is 1. The van der Waals surface area contributed by atoms with E-state index in [4.69, 9.17) is 11.6 Å². The SMILES string of the molecule is CCc1cccc(C)c1NC(=O)CSc1nnc(-c2ccc(Cl)cc2)n1-c1ccc(F)cc1. The molecule has 4 rings (SSSR count). The minimum absolute atomic E-state index is 0.134. The van der Waals surface area contributed by atoms with Crippen LogP contribution in [-0.2, 0) is 11.2 Å². The highest BCUT2D eigenvalue weighted by Crippen LogP contribution is 2.29. The van der Waals surface area contributed by atoms with Crippen molar-refractivity contribution >= 4 is 35.0 Å². The number of amides is 1. The van der Waals surface area contributed by atoms with E-state index in [1.807, 2.05) is 41.8 Å². The van der Waals surface area contributed by atoms with Gasteiger partial charge in [-0.15, -0.1) is 10.2 Å². The predicted molar refractivity (Wildman–Crippen MR) is 132 cm³/mol. The van der Waals surface area contributed by atoms with Gasteiger partial charge in [-0.1, -0.05) is 48.5 Å². The smallest absolute Gasteiger partial charge is 0.234 e. The fourth-order valence-electron chi connectivity index (χ4n) is 3.48. The number of carbonyl (C=O) groups is 1. The Morgan fingerprint density at radius 3 is 2.48 bits per heavy atom. The lowest BCUT2D eigenvalue weighted by Crippen LogP contribution is -2.16. The Morgan fingerprint density at radius 1 is 1.06 bits per heavy atom. The van der Waals surface area contributed by atoms with E-state index in [-0.39, 0.29) is 17.5 Å². The van der Waals surface area contributed by atoms with E-state index in [1.165, 1.54) is 23.9 Å². The summed E-state index contributed by atoms with van der Waals surface area (Å²) >= 11 is 7.30. The van der Waals surface area contributed by atoms with Gasteiger partial charge in [-0.25, -0.2) is 4.39 Å². The second-order valence-corrected chi connectivity index (χ2v) is 8.80. The Morgan fingerprint density at radius 2 is 1.79 bits per heavy atom. The lowest BCUT2D eigenvalue weighted by atomic mass is 10.1. The Bertz CT molecular complexity index is 1270. The third-order valence-electron chi connectivity index (χ3n) is 5.16. The molecule has 0 radical (unpaired) electrons. The minimum Gasteiger partial charge on any atom is -0.325 e. The Hall–Kier alpha value is -3.16. The molecule has 0 unspecified atom stereocenters. The number of carbonyl (C=O) groups excluding carboxylic acids is 1. The summed E-state index contributed by atoms with van der Waals surface area (Å²) in [7, 11) is 0. The number of halogens is 2. The molecule has 0 aliphatic heterocycles. The number of nitrogens with zero attached hydrogens (tertiary/aromatic N) is 3. The van der Waals surface area contributed by atoms with Gasteiger partial charge in [0.1, 0.15) is 5.82 Å². The zero-order valence-electron chi connectivity index (χ0n) is 18.2. The molecule has 4 aromatic rings. The topological polar surface area (TPSA) is 59.8 Å². The molecule has 0 aliphatic carbocycles. The van der Waals surface area contributed by atoms with Gasteiger partial charge >= 0.3 is 0 Å². The van der Waals surface area contributed by atoms with Crippen LogP contribution in [0.1, 0.15) is 18.1 Å². The monoisotopic (exact) mass is 480 g/mol. The molecule has 8 heteroatoms. The van der Waals surface area contributed by atoms with Crippen LogP contribution in [0.25, 0.3) is 17.1 Å². The van der Waals surface area contributed by atoms with Crippen molar-refractivity contribution in [3.8, 4) is 17.1 Å². The first-order valence-electron chi connectivity index (χ1n) is 10.4. The van der Waals surface area contributed by atoms with E-state index in [0.29, 0.717) is 21.7 Å². The van der Waals surface area contributed by atoms with Gasteiger partial charge in [0.2, 0.25) is 5.91 Å². The molecule has 1 N–H and O–H groups in total. The molecule has 0 saturated carbocycles. The highest BCUT2D eigenvalue weighted by Gasteiger charge is 2.18. The van der Waals surface area contributed by atoms with Crippen LogP contribution >= 0.6 is 23.4 Å². The Balaban J connectivity index is 1.61. The predicted octanol–water partition coefficient (Wildman–Crippen LogP) is 6.33. The summed E-state index contributed by atoms with van der Waals surface area (Å²) in [6, 6.07) is 19.3. The van der Waals surface area contributed by atoms with Gasteiger partial charge in [0.25, 0.3) is 0 Å². The van der Waals surface area contributed by atoms with Crippen molar-refractivity contribution in [2.24, 2.45) is 0 Å². The van der Waals surface area contributed by atoms with E-state index in [9.17, 15) is 9.18 Å². The van der Waals surface area contributed by atoms with Crippen LogP contribution in [-0.4, -0.2) is 26.4 Å². The lowest BCUT2D eigenvalue weighted by Gasteiger charge is -2.13. The third kappa shape index (κ3) is 5.26. The summed E-state index contributed by atoms with van der Waals surface area (Å²) < 4.78 is 15.4. The Labute approximate surface area is 201 Å². The van der Waals surface area contributed by atoms with Gasteiger partial charge in [0.05, 0.1) is 5.75 Å². The van der Waals surface area contributed by atoms with Crippen LogP contribution in [0, 0.1) is 12.7 Å². The summed E-state index contributed by atoms with van der Waals surface area (Å²) in [6.45, 7) is 4.04.